The average Bonchev–Trinajstić information content (AvgIpc) is 3.41. The average molecular weight is 488 g/mol. The molecule has 0 aliphatic heterocycles. The molecule has 3 aromatic heterocycles. The first-order chi connectivity index (χ1) is 15.9. The van der Waals surface area contributed by atoms with Gasteiger partial charge < -0.3 is 25.7 Å². The molecule has 0 saturated carbocycles. The van der Waals surface area contributed by atoms with Crippen LogP contribution in [0.4, 0.5) is 5.13 Å². The number of nitrogens with two attached hydrogens (primary N) is 1. The highest BCUT2D eigenvalue weighted by atomic mass is 32.2. The summed E-state index contributed by atoms with van der Waals surface area (Å²) in [6.07, 6.45) is 0. The Balaban J connectivity index is 1.43. The second-order valence-corrected chi connectivity index (χ2v) is 9.48. The number of guanidine groups is 1. The molecule has 0 aliphatic rings. The van der Waals surface area contributed by atoms with Gasteiger partial charge in [0.2, 0.25) is 5.91 Å². The van der Waals surface area contributed by atoms with Crippen LogP contribution in [0, 0.1) is 0 Å². The van der Waals surface area contributed by atoms with Crippen LogP contribution in [0.25, 0.3) is 11.4 Å². The summed E-state index contributed by atoms with van der Waals surface area (Å²) in [5.74, 6) is 3.82. The maximum Gasteiger partial charge on any atom is 0.217 e. The minimum absolute atomic E-state index is 0.0920. The van der Waals surface area contributed by atoms with Crippen LogP contribution in [0.1, 0.15) is 24.1 Å². The van der Waals surface area contributed by atoms with Crippen molar-refractivity contribution in [3.05, 3.63) is 52.9 Å². The maximum atomic E-state index is 11.1. The fourth-order valence-corrected chi connectivity index (χ4v) is 4.27. The van der Waals surface area contributed by atoms with Crippen molar-refractivity contribution in [1.82, 2.24) is 20.2 Å². The molecule has 0 saturated heterocycles. The summed E-state index contributed by atoms with van der Waals surface area (Å²) in [4.78, 5) is 26.6. The van der Waals surface area contributed by atoms with Crippen molar-refractivity contribution in [2.75, 3.05) is 31.7 Å². The number of thiazole rings is 1. The lowest BCUT2D eigenvalue weighted by molar-refractivity contribution is -0.119. The molecule has 0 radical (unpaired) electrons. The van der Waals surface area contributed by atoms with E-state index in [9.17, 15) is 4.79 Å². The van der Waals surface area contributed by atoms with Gasteiger partial charge in [0.15, 0.2) is 11.1 Å². The number of nitrogens with one attached hydrogen (secondary N) is 2. The number of amides is 1. The summed E-state index contributed by atoms with van der Waals surface area (Å²) in [5, 5.41) is 8.34. The van der Waals surface area contributed by atoms with Crippen LogP contribution in [0.5, 0.6) is 0 Å². The molecule has 3 heterocycles. The van der Waals surface area contributed by atoms with E-state index in [0.29, 0.717) is 24.2 Å². The molecule has 0 atom stereocenters. The smallest absolute Gasteiger partial charge is 0.217 e. The Bertz CT molecular complexity index is 1080. The van der Waals surface area contributed by atoms with E-state index in [1.165, 1.54) is 18.3 Å². The molecule has 1 amide bonds. The number of anilines is 1. The van der Waals surface area contributed by atoms with Crippen molar-refractivity contribution in [3.8, 4) is 11.4 Å². The number of rotatable bonds is 11. The Morgan fingerprint density at radius 1 is 1.21 bits per heavy atom. The van der Waals surface area contributed by atoms with E-state index in [1.807, 2.05) is 49.8 Å². The van der Waals surface area contributed by atoms with Crippen LogP contribution in [0.3, 0.4) is 0 Å². The predicted molar refractivity (Wildman–Crippen MR) is 135 cm³/mol. The second kappa shape index (κ2) is 12.4. The summed E-state index contributed by atoms with van der Waals surface area (Å²) >= 11 is 3.18. The number of nitrogens with zero attached hydrogens (tertiary/aromatic N) is 4. The molecular formula is C22H29N7O2S2. The molecule has 3 aromatic rings. The molecule has 0 bridgehead atoms. The molecule has 0 fully saturated rings. The van der Waals surface area contributed by atoms with Gasteiger partial charge in [-0.15, -0.1) is 11.3 Å². The number of aromatic nitrogens is 2. The van der Waals surface area contributed by atoms with E-state index in [-0.39, 0.29) is 5.91 Å². The molecule has 176 valence electrons. The Morgan fingerprint density at radius 2 is 2.03 bits per heavy atom. The molecule has 33 heavy (non-hydrogen) atoms. The third kappa shape index (κ3) is 8.52. The van der Waals surface area contributed by atoms with Gasteiger partial charge >= 0.3 is 0 Å². The van der Waals surface area contributed by atoms with Crippen molar-refractivity contribution < 1.29 is 9.21 Å². The summed E-state index contributed by atoms with van der Waals surface area (Å²) in [6, 6.07) is 9.68. The monoisotopic (exact) mass is 487 g/mol. The van der Waals surface area contributed by atoms with E-state index in [0.717, 1.165) is 46.7 Å². The molecule has 9 nitrogen and oxygen atoms in total. The van der Waals surface area contributed by atoms with Crippen LogP contribution in [-0.4, -0.2) is 53.1 Å². The molecule has 0 aromatic carbocycles. The Hall–Kier alpha value is -2.89. The van der Waals surface area contributed by atoms with Crippen molar-refractivity contribution in [3.63, 3.8) is 0 Å². The predicted octanol–water partition coefficient (Wildman–Crippen LogP) is 3.16. The zero-order valence-electron chi connectivity index (χ0n) is 19.0. The first-order valence-electron chi connectivity index (χ1n) is 10.4. The van der Waals surface area contributed by atoms with Crippen molar-refractivity contribution in [2.45, 2.75) is 25.8 Å². The number of thioether (sulfide) groups is 1. The highest BCUT2D eigenvalue weighted by Gasteiger charge is 2.08. The van der Waals surface area contributed by atoms with Crippen LogP contribution in [-0.2, 0) is 23.6 Å². The zero-order chi connectivity index (χ0) is 23.6. The van der Waals surface area contributed by atoms with Crippen LogP contribution < -0.4 is 16.4 Å². The lowest BCUT2D eigenvalue weighted by atomic mass is 10.2. The van der Waals surface area contributed by atoms with Gasteiger partial charge in [-0.1, -0.05) is 6.07 Å². The molecule has 0 unspecified atom stereocenters. The van der Waals surface area contributed by atoms with Crippen molar-refractivity contribution in [2.24, 2.45) is 10.7 Å². The first-order valence-corrected chi connectivity index (χ1v) is 12.5. The fraction of sp³-hybridized carbons (Fsp3) is 0.364. The van der Waals surface area contributed by atoms with E-state index in [4.69, 9.17) is 10.2 Å². The Morgan fingerprint density at radius 3 is 2.82 bits per heavy atom. The minimum atomic E-state index is -0.0920. The number of carbonyl (C=O) groups is 1. The van der Waals surface area contributed by atoms with E-state index < -0.39 is 0 Å². The number of hydrogen-bond donors (Lipinski definition) is 3. The van der Waals surface area contributed by atoms with Crippen LogP contribution >= 0.6 is 23.1 Å². The van der Waals surface area contributed by atoms with Crippen LogP contribution in [0.15, 0.2) is 45.1 Å². The van der Waals surface area contributed by atoms with Gasteiger partial charge in [-0.3, -0.25) is 9.79 Å². The van der Waals surface area contributed by atoms with Gasteiger partial charge in [-0.2, -0.15) is 11.8 Å². The number of pyridine rings is 1. The molecule has 4 N–H and O–H groups in total. The van der Waals surface area contributed by atoms with E-state index in [1.54, 1.807) is 11.8 Å². The topological polar surface area (TPSA) is 122 Å². The number of carbonyl (C=O) groups excluding carboxylic acids is 1. The molecule has 0 spiro atoms. The number of furan rings is 1. The lowest BCUT2D eigenvalue weighted by Crippen LogP contribution is -2.23. The zero-order valence-corrected chi connectivity index (χ0v) is 20.6. The Kier molecular flexibility index (Phi) is 9.28. The second-order valence-electron chi connectivity index (χ2n) is 7.51. The minimum Gasteiger partial charge on any atom is -0.464 e. The SMILES string of the molecule is CC(=O)NCc1cccc(-c2csc(NC(N)=NCCSCc3ccc(CN(C)C)o3)n2)n1. The van der Waals surface area contributed by atoms with Gasteiger partial charge in [0, 0.05) is 18.1 Å². The summed E-state index contributed by atoms with van der Waals surface area (Å²) in [6.45, 7) is 3.26. The van der Waals surface area contributed by atoms with Gasteiger partial charge in [0.25, 0.3) is 0 Å². The maximum absolute atomic E-state index is 11.1. The molecular weight excluding hydrogens is 458 g/mol. The molecule has 0 aliphatic carbocycles. The van der Waals surface area contributed by atoms with E-state index >= 15 is 0 Å². The fourth-order valence-electron chi connectivity index (χ4n) is 2.83. The quantitative estimate of drug-likeness (QED) is 0.214. The highest BCUT2D eigenvalue weighted by molar-refractivity contribution is 7.98. The number of aliphatic imine (C=N–C) groups is 1. The molecule has 3 rings (SSSR count). The first kappa shape index (κ1) is 24.7. The standard InChI is InChI=1S/C22H29N7O2S2/c1-15(30)25-11-16-5-4-6-19(26-16)20-14-33-22(27-20)28-21(23)24-9-10-32-13-18-8-7-17(31-18)12-29(2)3/h4-8,14H,9-13H2,1-3H3,(H,25,30)(H3,23,24,27,28). The number of hydrogen-bond acceptors (Lipinski definition) is 8. The highest BCUT2D eigenvalue weighted by Crippen LogP contribution is 2.23. The van der Waals surface area contributed by atoms with Crippen LogP contribution in [0.2, 0.25) is 0 Å². The Labute approximate surface area is 201 Å². The summed E-state index contributed by atoms with van der Waals surface area (Å²) < 4.78 is 5.81. The normalized spacial score (nSPS) is 11.7. The summed E-state index contributed by atoms with van der Waals surface area (Å²) in [5.41, 5.74) is 8.25. The largest absolute Gasteiger partial charge is 0.464 e. The van der Waals surface area contributed by atoms with Crippen molar-refractivity contribution in [1.29, 1.82) is 0 Å². The van der Waals surface area contributed by atoms with E-state index in [2.05, 4.69) is 30.5 Å². The lowest BCUT2D eigenvalue weighted by Gasteiger charge is -2.05. The van der Waals surface area contributed by atoms with Gasteiger partial charge in [0.1, 0.15) is 17.2 Å². The van der Waals surface area contributed by atoms with Crippen molar-refractivity contribution >= 4 is 40.1 Å². The molecule has 11 heteroatoms. The van der Waals surface area contributed by atoms with Gasteiger partial charge in [0.05, 0.1) is 36.8 Å². The van der Waals surface area contributed by atoms with Gasteiger partial charge in [-0.05, 0) is 38.4 Å². The third-order valence-electron chi connectivity index (χ3n) is 4.28. The summed E-state index contributed by atoms with van der Waals surface area (Å²) in [7, 11) is 4.04. The van der Waals surface area contributed by atoms with Gasteiger partial charge in [-0.25, -0.2) is 9.97 Å². The third-order valence-corrected chi connectivity index (χ3v) is 6.00.